The summed E-state index contributed by atoms with van der Waals surface area (Å²) < 4.78 is 5.10. The Morgan fingerprint density at radius 3 is 2.48 bits per heavy atom. The molecule has 0 spiro atoms. The highest BCUT2D eigenvalue weighted by Gasteiger charge is 2.08. The van der Waals surface area contributed by atoms with E-state index >= 15 is 0 Å². The minimum atomic E-state index is -0.195. The monoisotopic (exact) mass is 286 g/mol. The maximum atomic E-state index is 12.1. The molecule has 5 heteroatoms. The van der Waals surface area contributed by atoms with Gasteiger partial charge in [0.25, 0.3) is 5.91 Å². The van der Waals surface area contributed by atoms with Gasteiger partial charge in [0.1, 0.15) is 5.75 Å². The van der Waals surface area contributed by atoms with Crippen LogP contribution in [0.4, 0.5) is 5.69 Å². The molecule has 0 unspecified atom stereocenters. The molecular weight excluding hydrogens is 268 g/mol. The van der Waals surface area contributed by atoms with Crippen molar-refractivity contribution in [2.45, 2.75) is 13.2 Å². The molecule has 5 nitrogen and oxygen atoms in total. The number of rotatable bonds is 5. The molecule has 21 heavy (non-hydrogen) atoms. The van der Waals surface area contributed by atoms with Gasteiger partial charge in [-0.05, 0) is 29.3 Å². The van der Waals surface area contributed by atoms with Gasteiger partial charge in [-0.15, -0.1) is 0 Å². The molecule has 0 aliphatic rings. The van der Waals surface area contributed by atoms with Crippen LogP contribution in [0.1, 0.15) is 21.5 Å². The van der Waals surface area contributed by atoms with E-state index in [0.29, 0.717) is 23.5 Å². The molecule has 1 amide bonds. The highest BCUT2D eigenvalue weighted by Crippen LogP contribution is 2.22. The Labute approximate surface area is 123 Å². The highest BCUT2D eigenvalue weighted by atomic mass is 16.5. The van der Waals surface area contributed by atoms with Crippen molar-refractivity contribution in [2.75, 3.05) is 12.8 Å². The summed E-state index contributed by atoms with van der Waals surface area (Å²) in [5.41, 5.74) is 8.51. The summed E-state index contributed by atoms with van der Waals surface area (Å²) in [6.07, 6.45) is 0. The Bertz CT molecular complexity index is 624. The van der Waals surface area contributed by atoms with E-state index in [2.05, 4.69) is 5.32 Å². The Balaban J connectivity index is 2.00. The number of ether oxygens (including phenoxy) is 1. The minimum Gasteiger partial charge on any atom is -0.495 e. The van der Waals surface area contributed by atoms with Crippen LogP contribution in [0.2, 0.25) is 0 Å². The van der Waals surface area contributed by atoms with E-state index < -0.39 is 0 Å². The number of hydrogen-bond donors (Lipinski definition) is 3. The number of nitrogens with one attached hydrogen (secondary N) is 1. The molecule has 110 valence electrons. The number of carbonyl (C=O) groups is 1. The third-order valence-electron chi connectivity index (χ3n) is 3.15. The van der Waals surface area contributed by atoms with Crippen LogP contribution in [0.5, 0.6) is 5.75 Å². The number of hydrogen-bond acceptors (Lipinski definition) is 4. The molecule has 2 rings (SSSR count). The first kappa shape index (κ1) is 14.9. The zero-order valence-electron chi connectivity index (χ0n) is 11.8. The molecule has 0 aromatic heterocycles. The van der Waals surface area contributed by atoms with Crippen LogP contribution in [0.15, 0.2) is 42.5 Å². The largest absolute Gasteiger partial charge is 0.495 e. The van der Waals surface area contributed by atoms with Gasteiger partial charge in [0.05, 0.1) is 19.4 Å². The third kappa shape index (κ3) is 3.73. The Hall–Kier alpha value is -2.53. The van der Waals surface area contributed by atoms with E-state index in [9.17, 15) is 4.79 Å². The van der Waals surface area contributed by atoms with Crippen molar-refractivity contribution in [3.05, 3.63) is 59.2 Å². The maximum Gasteiger partial charge on any atom is 0.251 e. The molecule has 0 radical (unpaired) electrons. The van der Waals surface area contributed by atoms with Crippen molar-refractivity contribution < 1.29 is 14.6 Å². The standard InChI is InChI=1S/C16H18N2O3/c1-21-15-8-13(6-7-14(15)17)16(20)18-9-11-2-4-12(10-19)5-3-11/h2-8,19H,9-10,17H2,1H3,(H,18,20). The summed E-state index contributed by atoms with van der Waals surface area (Å²) in [6.45, 7) is 0.426. The van der Waals surface area contributed by atoms with E-state index in [4.69, 9.17) is 15.6 Å². The van der Waals surface area contributed by atoms with Crippen molar-refractivity contribution in [3.63, 3.8) is 0 Å². The fourth-order valence-corrected chi connectivity index (χ4v) is 1.90. The van der Waals surface area contributed by atoms with E-state index in [0.717, 1.165) is 11.1 Å². The molecule has 4 N–H and O–H groups in total. The zero-order valence-corrected chi connectivity index (χ0v) is 11.8. The Kier molecular flexibility index (Phi) is 4.79. The van der Waals surface area contributed by atoms with Crippen LogP contribution in [0.25, 0.3) is 0 Å². The number of nitrogen functional groups attached to an aromatic ring is 1. The normalized spacial score (nSPS) is 10.2. The molecule has 2 aromatic rings. The summed E-state index contributed by atoms with van der Waals surface area (Å²) in [6, 6.07) is 12.3. The molecular formula is C16H18N2O3. The predicted molar refractivity (Wildman–Crippen MR) is 80.9 cm³/mol. The number of carbonyl (C=O) groups excluding carboxylic acids is 1. The van der Waals surface area contributed by atoms with Gasteiger partial charge in [0.2, 0.25) is 0 Å². The maximum absolute atomic E-state index is 12.1. The summed E-state index contributed by atoms with van der Waals surface area (Å²) in [4.78, 5) is 12.1. The van der Waals surface area contributed by atoms with Crippen LogP contribution in [0.3, 0.4) is 0 Å². The quantitative estimate of drug-likeness (QED) is 0.730. The second kappa shape index (κ2) is 6.76. The molecule has 0 heterocycles. The number of amides is 1. The smallest absolute Gasteiger partial charge is 0.251 e. The van der Waals surface area contributed by atoms with E-state index in [1.165, 1.54) is 7.11 Å². The lowest BCUT2D eigenvalue weighted by atomic mass is 10.1. The zero-order chi connectivity index (χ0) is 15.2. The van der Waals surface area contributed by atoms with Gasteiger partial charge < -0.3 is 20.9 Å². The number of anilines is 1. The van der Waals surface area contributed by atoms with E-state index in [-0.39, 0.29) is 12.5 Å². The Morgan fingerprint density at radius 2 is 1.86 bits per heavy atom. The molecule has 0 atom stereocenters. The molecule has 0 fully saturated rings. The third-order valence-corrected chi connectivity index (χ3v) is 3.15. The van der Waals surface area contributed by atoms with Crippen molar-refractivity contribution in [1.82, 2.24) is 5.32 Å². The Morgan fingerprint density at radius 1 is 1.19 bits per heavy atom. The fourth-order valence-electron chi connectivity index (χ4n) is 1.90. The predicted octanol–water partition coefficient (Wildman–Crippen LogP) is 1.70. The van der Waals surface area contributed by atoms with Gasteiger partial charge in [-0.25, -0.2) is 0 Å². The molecule has 0 aliphatic heterocycles. The second-order valence-corrected chi connectivity index (χ2v) is 4.61. The first-order valence-corrected chi connectivity index (χ1v) is 6.54. The lowest BCUT2D eigenvalue weighted by Gasteiger charge is -2.09. The topological polar surface area (TPSA) is 84.6 Å². The molecule has 0 bridgehead atoms. The SMILES string of the molecule is COc1cc(C(=O)NCc2ccc(CO)cc2)ccc1N. The number of benzene rings is 2. The summed E-state index contributed by atoms with van der Waals surface area (Å²) in [5.74, 6) is 0.287. The van der Waals surface area contributed by atoms with E-state index in [1.807, 2.05) is 24.3 Å². The van der Waals surface area contributed by atoms with Gasteiger partial charge in [0, 0.05) is 12.1 Å². The van der Waals surface area contributed by atoms with Gasteiger partial charge in [0.15, 0.2) is 0 Å². The van der Waals surface area contributed by atoms with Gasteiger partial charge in [-0.3, -0.25) is 4.79 Å². The first-order valence-electron chi connectivity index (χ1n) is 6.54. The van der Waals surface area contributed by atoms with Crippen molar-refractivity contribution in [3.8, 4) is 5.75 Å². The van der Waals surface area contributed by atoms with Crippen LogP contribution in [-0.2, 0) is 13.2 Å². The lowest BCUT2D eigenvalue weighted by molar-refractivity contribution is 0.0950. The highest BCUT2D eigenvalue weighted by molar-refractivity contribution is 5.95. The van der Waals surface area contributed by atoms with Crippen molar-refractivity contribution in [1.29, 1.82) is 0 Å². The second-order valence-electron chi connectivity index (χ2n) is 4.61. The molecule has 0 aliphatic carbocycles. The number of methoxy groups -OCH3 is 1. The number of aliphatic hydroxyl groups is 1. The summed E-state index contributed by atoms with van der Waals surface area (Å²) >= 11 is 0. The number of aliphatic hydroxyl groups excluding tert-OH is 1. The summed E-state index contributed by atoms with van der Waals surface area (Å²) in [5, 5.41) is 11.8. The van der Waals surface area contributed by atoms with Crippen LogP contribution in [-0.4, -0.2) is 18.1 Å². The average molecular weight is 286 g/mol. The molecule has 0 saturated carbocycles. The number of nitrogens with two attached hydrogens (primary N) is 1. The summed E-state index contributed by atoms with van der Waals surface area (Å²) in [7, 11) is 1.51. The van der Waals surface area contributed by atoms with E-state index in [1.54, 1.807) is 18.2 Å². The molecule has 2 aromatic carbocycles. The first-order chi connectivity index (χ1) is 10.1. The van der Waals surface area contributed by atoms with Gasteiger partial charge in [-0.2, -0.15) is 0 Å². The van der Waals surface area contributed by atoms with Crippen molar-refractivity contribution in [2.24, 2.45) is 0 Å². The molecule has 0 saturated heterocycles. The van der Waals surface area contributed by atoms with Crippen LogP contribution in [0, 0.1) is 0 Å². The fraction of sp³-hybridized carbons (Fsp3) is 0.188. The minimum absolute atomic E-state index is 0.0118. The van der Waals surface area contributed by atoms with Gasteiger partial charge in [-0.1, -0.05) is 24.3 Å². The lowest BCUT2D eigenvalue weighted by Crippen LogP contribution is -2.22. The van der Waals surface area contributed by atoms with Crippen molar-refractivity contribution >= 4 is 11.6 Å². The van der Waals surface area contributed by atoms with Crippen LogP contribution < -0.4 is 15.8 Å². The van der Waals surface area contributed by atoms with Crippen LogP contribution >= 0.6 is 0 Å². The van der Waals surface area contributed by atoms with Gasteiger partial charge >= 0.3 is 0 Å². The average Bonchev–Trinajstić information content (AvgIpc) is 2.53.